The zero-order chi connectivity index (χ0) is 13.4. The number of aromatic nitrogens is 1. The first-order chi connectivity index (χ1) is 9.24. The van der Waals surface area contributed by atoms with Gasteiger partial charge in [-0.2, -0.15) is 0 Å². The van der Waals surface area contributed by atoms with Crippen molar-refractivity contribution in [1.82, 2.24) is 4.57 Å². The average Bonchev–Trinajstić information content (AvgIpc) is 2.71. The van der Waals surface area contributed by atoms with Crippen LogP contribution in [0.15, 0.2) is 30.3 Å². The van der Waals surface area contributed by atoms with Crippen LogP contribution < -0.4 is 0 Å². The quantitative estimate of drug-likeness (QED) is 0.811. The molecule has 0 atom stereocenters. The highest BCUT2D eigenvalue weighted by atomic mass is 16.3. The van der Waals surface area contributed by atoms with Crippen molar-refractivity contribution in [3.05, 3.63) is 47.0 Å². The van der Waals surface area contributed by atoms with Crippen LogP contribution in [0.5, 0.6) is 11.8 Å². The van der Waals surface area contributed by atoms with Crippen LogP contribution in [0.1, 0.15) is 27.9 Å². The maximum absolute atomic E-state index is 11.1. The summed E-state index contributed by atoms with van der Waals surface area (Å²) in [6, 6.07) is 6.84. The van der Waals surface area contributed by atoms with Crippen molar-refractivity contribution < 1.29 is 15.0 Å². The van der Waals surface area contributed by atoms with Crippen molar-refractivity contribution in [2.24, 2.45) is 0 Å². The summed E-state index contributed by atoms with van der Waals surface area (Å²) in [7, 11) is 0. The number of hydrogen-bond acceptors (Lipinski definition) is 3. The van der Waals surface area contributed by atoms with Gasteiger partial charge in [-0.05, 0) is 25.0 Å². The molecule has 0 spiro atoms. The monoisotopic (exact) mass is 255 g/mol. The standard InChI is InChI=1S/C15H13NO3/c17-9-10-5-1-4-8-13(10)16-14(18)11-6-2-3-7-12(11)15(16)19/h1-2,4-6,8-9,18-19H,3,7H2. The fourth-order valence-corrected chi connectivity index (χ4v) is 2.48. The summed E-state index contributed by atoms with van der Waals surface area (Å²) in [5.74, 6) is -0.0242. The highest BCUT2D eigenvalue weighted by Crippen LogP contribution is 2.40. The summed E-state index contributed by atoms with van der Waals surface area (Å²) in [5, 5.41) is 20.5. The van der Waals surface area contributed by atoms with Gasteiger partial charge >= 0.3 is 0 Å². The summed E-state index contributed by atoms with van der Waals surface area (Å²) in [4.78, 5) is 11.1. The number of allylic oxidation sites excluding steroid dienone is 1. The predicted octanol–water partition coefficient (Wildman–Crippen LogP) is 2.66. The molecule has 0 saturated carbocycles. The Bertz CT molecular complexity index is 683. The van der Waals surface area contributed by atoms with E-state index >= 15 is 0 Å². The summed E-state index contributed by atoms with van der Waals surface area (Å²) in [6.07, 6.45) is 5.98. The molecule has 4 nitrogen and oxygen atoms in total. The van der Waals surface area contributed by atoms with Gasteiger partial charge in [-0.3, -0.25) is 9.36 Å². The molecule has 0 bridgehead atoms. The van der Waals surface area contributed by atoms with E-state index < -0.39 is 0 Å². The summed E-state index contributed by atoms with van der Waals surface area (Å²) in [5.41, 5.74) is 2.25. The number of aromatic hydroxyl groups is 2. The second-order valence-corrected chi connectivity index (χ2v) is 4.49. The first kappa shape index (κ1) is 11.6. The molecule has 4 heteroatoms. The molecule has 2 aromatic rings. The van der Waals surface area contributed by atoms with E-state index in [1.54, 1.807) is 30.3 Å². The van der Waals surface area contributed by atoms with Crippen molar-refractivity contribution in [3.8, 4) is 17.4 Å². The molecule has 0 fully saturated rings. The van der Waals surface area contributed by atoms with Crippen molar-refractivity contribution in [1.29, 1.82) is 0 Å². The predicted molar refractivity (Wildman–Crippen MR) is 71.8 cm³/mol. The Morgan fingerprint density at radius 1 is 1.16 bits per heavy atom. The minimum Gasteiger partial charge on any atom is -0.494 e. The topological polar surface area (TPSA) is 62.5 Å². The first-order valence-electron chi connectivity index (χ1n) is 6.10. The van der Waals surface area contributed by atoms with Gasteiger partial charge in [0.2, 0.25) is 11.8 Å². The molecule has 1 heterocycles. The molecular weight excluding hydrogens is 242 g/mol. The van der Waals surface area contributed by atoms with Crippen LogP contribution in [0.4, 0.5) is 0 Å². The van der Waals surface area contributed by atoms with Crippen molar-refractivity contribution in [2.75, 3.05) is 0 Å². The van der Waals surface area contributed by atoms with Crippen LogP contribution in [0.2, 0.25) is 0 Å². The number of benzene rings is 1. The summed E-state index contributed by atoms with van der Waals surface area (Å²) >= 11 is 0. The number of hydrogen-bond donors (Lipinski definition) is 2. The van der Waals surface area contributed by atoms with Gasteiger partial charge in [0.15, 0.2) is 6.29 Å². The van der Waals surface area contributed by atoms with E-state index in [1.165, 1.54) is 4.57 Å². The van der Waals surface area contributed by atoms with Gasteiger partial charge in [-0.1, -0.05) is 24.3 Å². The molecule has 0 saturated heterocycles. The average molecular weight is 255 g/mol. The van der Waals surface area contributed by atoms with Crippen molar-refractivity contribution in [2.45, 2.75) is 12.8 Å². The molecule has 0 unspecified atom stereocenters. The third kappa shape index (κ3) is 1.64. The second kappa shape index (κ2) is 4.31. The van der Waals surface area contributed by atoms with Gasteiger partial charge in [0, 0.05) is 16.7 Å². The number of carbonyl (C=O) groups excluding carboxylic acids is 1. The zero-order valence-corrected chi connectivity index (χ0v) is 10.2. The third-order valence-electron chi connectivity index (χ3n) is 3.41. The largest absolute Gasteiger partial charge is 0.494 e. The van der Waals surface area contributed by atoms with Gasteiger partial charge in [-0.15, -0.1) is 0 Å². The maximum atomic E-state index is 11.1. The van der Waals surface area contributed by atoms with E-state index in [0.29, 0.717) is 29.5 Å². The Balaban J connectivity index is 2.29. The lowest BCUT2D eigenvalue weighted by Gasteiger charge is -2.09. The summed E-state index contributed by atoms with van der Waals surface area (Å²) < 4.78 is 1.32. The van der Waals surface area contributed by atoms with E-state index in [1.807, 2.05) is 6.08 Å². The van der Waals surface area contributed by atoms with Gasteiger partial charge in [0.25, 0.3) is 0 Å². The van der Waals surface area contributed by atoms with E-state index in [0.717, 1.165) is 12.0 Å². The number of aldehydes is 1. The second-order valence-electron chi connectivity index (χ2n) is 4.49. The minimum atomic E-state index is -0.0299. The number of fused-ring (bicyclic) bond motifs is 1. The van der Waals surface area contributed by atoms with Crippen LogP contribution in [-0.2, 0) is 6.42 Å². The van der Waals surface area contributed by atoms with Crippen LogP contribution in [0.3, 0.4) is 0 Å². The van der Waals surface area contributed by atoms with E-state index in [-0.39, 0.29) is 11.8 Å². The molecule has 0 amide bonds. The number of carbonyl (C=O) groups is 1. The molecule has 1 aromatic heterocycles. The van der Waals surface area contributed by atoms with Crippen LogP contribution in [0.25, 0.3) is 11.8 Å². The lowest BCUT2D eigenvalue weighted by molar-refractivity contribution is 0.112. The molecule has 96 valence electrons. The molecule has 1 aromatic carbocycles. The number of para-hydroxylation sites is 1. The molecule has 19 heavy (non-hydrogen) atoms. The Morgan fingerprint density at radius 3 is 2.68 bits per heavy atom. The number of nitrogens with zero attached hydrogens (tertiary/aromatic N) is 1. The maximum Gasteiger partial charge on any atom is 0.206 e. The van der Waals surface area contributed by atoms with Crippen molar-refractivity contribution >= 4 is 12.4 Å². The van der Waals surface area contributed by atoms with Gasteiger partial charge < -0.3 is 10.2 Å². The Hall–Kier alpha value is -2.49. The van der Waals surface area contributed by atoms with E-state index in [9.17, 15) is 15.0 Å². The third-order valence-corrected chi connectivity index (χ3v) is 3.41. The van der Waals surface area contributed by atoms with Crippen molar-refractivity contribution in [3.63, 3.8) is 0 Å². The number of rotatable bonds is 2. The smallest absolute Gasteiger partial charge is 0.206 e. The molecule has 3 rings (SSSR count). The van der Waals surface area contributed by atoms with Crippen LogP contribution >= 0.6 is 0 Å². The minimum absolute atomic E-state index is 0.00569. The van der Waals surface area contributed by atoms with Gasteiger partial charge in [0.1, 0.15) is 0 Å². The lowest BCUT2D eigenvalue weighted by atomic mass is 10.0. The zero-order valence-electron chi connectivity index (χ0n) is 10.2. The highest BCUT2D eigenvalue weighted by Gasteiger charge is 2.23. The Labute approximate surface area is 110 Å². The molecule has 1 aliphatic carbocycles. The van der Waals surface area contributed by atoms with Crippen LogP contribution in [0, 0.1) is 0 Å². The highest BCUT2D eigenvalue weighted by molar-refractivity contribution is 5.82. The van der Waals surface area contributed by atoms with Gasteiger partial charge in [-0.25, -0.2) is 0 Å². The molecular formula is C15H13NO3. The molecule has 1 aliphatic rings. The first-order valence-corrected chi connectivity index (χ1v) is 6.10. The fourth-order valence-electron chi connectivity index (χ4n) is 2.48. The van der Waals surface area contributed by atoms with E-state index in [2.05, 4.69) is 0 Å². The lowest BCUT2D eigenvalue weighted by Crippen LogP contribution is -1.98. The molecule has 0 aliphatic heterocycles. The Kier molecular flexibility index (Phi) is 2.63. The summed E-state index contributed by atoms with van der Waals surface area (Å²) in [6.45, 7) is 0. The van der Waals surface area contributed by atoms with E-state index in [4.69, 9.17) is 0 Å². The molecule has 0 radical (unpaired) electrons. The SMILES string of the molecule is O=Cc1ccccc1-n1c(O)c2c(c1O)CCC=C2. The van der Waals surface area contributed by atoms with Gasteiger partial charge in [0.05, 0.1) is 5.69 Å². The molecule has 2 N–H and O–H groups in total. The Morgan fingerprint density at radius 2 is 1.95 bits per heavy atom. The van der Waals surface area contributed by atoms with Crippen LogP contribution in [-0.4, -0.2) is 21.1 Å². The normalized spacial score (nSPS) is 13.3. The fraction of sp³-hybridized carbons (Fsp3) is 0.133.